The lowest BCUT2D eigenvalue weighted by Crippen LogP contribution is -1.99. The molecule has 0 bridgehead atoms. The Kier molecular flexibility index (Phi) is 11.6. The monoisotopic (exact) mass is 433 g/mol. The third-order valence-electron chi connectivity index (χ3n) is 3.23. The van der Waals surface area contributed by atoms with Crippen LogP contribution in [0, 0.1) is 0 Å². The van der Waals surface area contributed by atoms with Crippen LogP contribution in [0.3, 0.4) is 0 Å². The average molecular weight is 434 g/mol. The molecule has 0 radical (unpaired) electrons. The predicted octanol–water partition coefficient (Wildman–Crippen LogP) is 6.60. The largest absolute Gasteiger partial charge is 0.506 e. The molecule has 0 spiro atoms. The summed E-state index contributed by atoms with van der Waals surface area (Å²) in [6.45, 7) is 8.00. The highest BCUT2D eigenvalue weighted by Gasteiger charge is 2.06. The molecule has 0 aliphatic carbocycles. The first-order valence-electron chi connectivity index (χ1n) is 9.42. The predicted molar refractivity (Wildman–Crippen MR) is 126 cm³/mol. The minimum Gasteiger partial charge on any atom is -0.506 e. The van der Waals surface area contributed by atoms with Gasteiger partial charge in [0.1, 0.15) is 23.7 Å². The van der Waals surface area contributed by atoms with Crippen molar-refractivity contribution in [1.82, 2.24) is 14.7 Å². The molecule has 8 heteroatoms. The summed E-state index contributed by atoms with van der Waals surface area (Å²) in [6.07, 6.45) is 1.45. The molecule has 1 heterocycles. The van der Waals surface area contributed by atoms with Crippen molar-refractivity contribution in [3.05, 3.63) is 59.9 Å². The lowest BCUT2D eigenvalue weighted by Gasteiger charge is -2.11. The van der Waals surface area contributed by atoms with Gasteiger partial charge in [0.2, 0.25) is 0 Å². The molecule has 0 saturated carbocycles. The second-order valence-electron chi connectivity index (χ2n) is 5.03. The van der Waals surface area contributed by atoms with Crippen molar-refractivity contribution in [3.63, 3.8) is 0 Å². The molecule has 4 N–H and O–H groups in total. The van der Waals surface area contributed by atoms with Crippen LogP contribution in [0.1, 0.15) is 27.7 Å². The molecule has 0 aliphatic rings. The number of hydrogen-bond acceptors (Lipinski definition) is 7. The van der Waals surface area contributed by atoms with E-state index in [0.717, 1.165) is 10.6 Å². The summed E-state index contributed by atoms with van der Waals surface area (Å²) in [5.41, 5.74) is 1.43. The molecular formula is C21H28ClN5OS. The van der Waals surface area contributed by atoms with Gasteiger partial charge in [-0.1, -0.05) is 39.3 Å². The normalized spacial score (nSPS) is 9.45. The van der Waals surface area contributed by atoms with Crippen molar-refractivity contribution in [1.29, 1.82) is 0 Å². The van der Waals surface area contributed by atoms with Crippen LogP contribution in [-0.2, 0) is 0 Å². The van der Waals surface area contributed by atoms with Gasteiger partial charge >= 0.3 is 0 Å². The molecule has 2 aromatic carbocycles. The summed E-state index contributed by atoms with van der Waals surface area (Å²) >= 11 is 7.34. The molecule has 0 amide bonds. The van der Waals surface area contributed by atoms with Crippen LogP contribution in [0.25, 0.3) is 0 Å². The van der Waals surface area contributed by atoms with Gasteiger partial charge in [0.05, 0.1) is 5.69 Å². The first-order valence-corrected chi connectivity index (χ1v) is 10.6. The van der Waals surface area contributed by atoms with Crippen LogP contribution in [0.5, 0.6) is 5.75 Å². The highest BCUT2D eigenvalue weighted by Crippen LogP contribution is 2.30. The summed E-state index contributed by atoms with van der Waals surface area (Å²) in [5.74, 6) is 1.33. The first-order chi connectivity index (χ1) is 14.1. The second kappa shape index (κ2) is 13.7. The Morgan fingerprint density at radius 2 is 1.48 bits per heavy atom. The van der Waals surface area contributed by atoms with E-state index in [4.69, 9.17) is 11.6 Å². The molecule has 1 aromatic heterocycles. The van der Waals surface area contributed by atoms with Crippen molar-refractivity contribution in [2.75, 3.05) is 17.7 Å². The van der Waals surface area contributed by atoms with Crippen molar-refractivity contribution in [2.45, 2.75) is 32.6 Å². The second-order valence-corrected chi connectivity index (χ2v) is 6.55. The number of nitrogens with one attached hydrogen (secondary N) is 3. The number of nitrogens with zero attached hydrogens (tertiary/aromatic N) is 2. The molecule has 0 aliphatic heterocycles. The van der Waals surface area contributed by atoms with Gasteiger partial charge < -0.3 is 15.7 Å². The Balaban J connectivity index is 0.000000989. The lowest BCUT2D eigenvalue weighted by molar-refractivity contribution is 0.477. The van der Waals surface area contributed by atoms with Gasteiger partial charge in [0.15, 0.2) is 0 Å². The molecule has 156 valence electrons. The number of aromatic nitrogens is 2. The quantitative estimate of drug-likeness (QED) is 0.257. The maximum atomic E-state index is 10.0. The van der Waals surface area contributed by atoms with E-state index in [2.05, 4.69) is 25.3 Å². The number of phenolic OH excluding ortho intramolecular Hbond substituents is 1. The fourth-order valence-electron chi connectivity index (χ4n) is 2.11. The number of hydrogen-bond donors (Lipinski definition) is 4. The lowest BCUT2D eigenvalue weighted by atomic mass is 10.3. The summed E-state index contributed by atoms with van der Waals surface area (Å²) < 4.78 is 3.00. The van der Waals surface area contributed by atoms with Crippen LogP contribution < -0.4 is 15.4 Å². The smallest absolute Gasteiger partial charge is 0.139 e. The van der Waals surface area contributed by atoms with E-state index in [-0.39, 0.29) is 5.75 Å². The molecular weight excluding hydrogens is 406 g/mol. The van der Waals surface area contributed by atoms with Gasteiger partial charge in [0.25, 0.3) is 0 Å². The topological polar surface area (TPSA) is 82.1 Å². The number of phenols is 1. The Morgan fingerprint density at radius 3 is 2.10 bits per heavy atom. The van der Waals surface area contributed by atoms with E-state index in [9.17, 15) is 5.11 Å². The van der Waals surface area contributed by atoms with E-state index in [1.54, 1.807) is 24.3 Å². The van der Waals surface area contributed by atoms with Crippen LogP contribution in [0.15, 0.2) is 59.8 Å². The zero-order valence-corrected chi connectivity index (χ0v) is 18.9. The molecule has 0 saturated heterocycles. The Hall–Kier alpha value is -2.48. The maximum Gasteiger partial charge on any atom is 0.139 e. The van der Waals surface area contributed by atoms with Gasteiger partial charge in [-0.3, -0.25) is 4.72 Å². The van der Waals surface area contributed by atoms with E-state index in [1.165, 1.54) is 18.3 Å². The van der Waals surface area contributed by atoms with E-state index >= 15 is 0 Å². The zero-order chi connectivity index (χ0) is 21.6. The standard InChI is InChI=1S/C17H16ClN5OS.2C2H6/c1-19-25-13-6-7-15(24)14(8-13)23-17-9-16(20-10-21-17)22-12-4-2-11(18)3-5-12;2*1-2/h2-10,19,24H,1H3,(H2,20,21,22,23);2*1-2H3. The Bertz CT molecular complexity index is 862. The van der Waals surface area contributed by atoms with Gasteiger partial charge in [-0.15, -0.1) is 0 Å². The fourth-order valence-corrected chi connectivity index (χ4v) is 2.78. The summed E-state index contributed by atoms with van der Waals surface area (Å²) in [6, 6.07) is 14.4. The number of halogens is 1. The third kappa shape index (κ3) is 8.19. The van der Waals surface area contributed by atoms with Crippen molar-refractivity contribution < 1.29 is 5.11 Å². The molecule has 29 heavy (non-hydrogen) atoms. The molecule has 3 aromatic rings. The maximum absolute atomic E-state index is 10.0. The van der Waals surface area contributed by atoms with Crippen LogP contribution >= 0.6 is 23.5 Å². The summed E-state index contributed by atoms with van der Waals surface area (Å²) in [5, 5.41) is 17.0. The minimum absolute atomic E-state index is 0.145. The molecule has 3 rings (SSSR count). The highest BCUT2D eigenvalue weighted by atomic mass is 35.5. The van der Waals surface area contributed by atoms with E-state index in [0.29, 0.717) is 22.3 Å². The number of benzene rings is 2. The van der Waals surface area contributed by atoms with Crippen molar-refractivity contribution in [2.24, 2.45) is 0 Å². The molecule has 0 atom stereocenters. The number of anilines is 4. The third-order valence-corrected chi connectivity index (χ3v) is 4.18. The number of rotatable bonds is 6. The summed E-state index contributed by atoms with van der Waals surface area (Å²) in [7, 11) is 1.84. The van der Waals surface area contributed by atoms with Gasteiger partial charge in [-0.2, -0.15) is 0 Å². The Morgan fingerprint density at radius 1 is 0.862 bits per heavy atom. The van der Waals surface area contributed by atoms with Gasteiger partial charge in [0, 0.05) is 21.7 Å². The first kappa shape index (κ1) is 24.6. The van der Waals surface area contributed by atoms with Gasteiger partial charge in [-0.25, -0.2) is 9.97 Å². The van der Waals surface area contributed by atoms with Crippen LogP contribution in [0.4, 0.5) is 23.0 Å². The van der Waals surface area contributed by atoms with E-state index in [1.807, 2.05) is 59.0 Å². The minimum atomic E-state index is 0.145. The highest BCUT2D eigenvalue weighted by molar-refractivity contribution is 7.97. The Labute approximate surface area is 182 Å². The van der Waals surface area contributed by atoms with Crippen LogP contribution in [0.2, 0.25) is 5.02 Å². The summed E-state index contributed by atoms with van der Waals surface area (Å²) in [4.78, 5) is 9.36. The number of aromatic hydroxyl groups is 1. The van der Waals surface area contributed by atoms with Crippen LogP contribution in [-0.4, -0.2) is 22.1 Å². The fraction of sp³-hybridized carbons (Fsp3) is 0.238. The van der Waals surface area contributed by atoms with Crippen molar-refractivity contribution >= 4 is 46.6 Å². The SMILES string of the molecule is CC.CC.CNSc1ccc(O)c(Nc2cc(Nc3ccc(Cl)cc3)ncn2)c1. The molecule has 0 fully saturated rings. The zero-order valence-electron chi connectivity index (χ0n) is 17.3. The van der Waals surface area contributed by atoms with E-state index < -0.39 is 0 Å². The molecule has 6 nitrogen and oxygen atoms in total. The molecule has 0 unspecified atom stereocenters. The average Bonchev–Trinajstić information content (AvgIpc) is 2.76. The van der Waals surface area contributed by atoms with Gasteiger partial charge in [-0.05, 0) is 61.5 Å². The van der Waals surface area contributed by atoms with Crippen molar-refractivity contribution in [3.8, 4) is 5.75 Å².